The molecule has 0 aliphatic carbocycles. The molecule has 1 aliphatic heterocycles. The first-order valence-electron chi connectivity index (χ1n) is 11.9. The van der Waals surface area contributed by atoms with Crippen molar-refractivity contribution in [2.75, 3.05) is 14.2 Å². The van der Waals surface area contributed by atoms with Gasteiger partial charge in [-0.15, -0.1) is 0 Å². The lowest BCUT2D eigenvalue weighted by Gasteiger charge is -2.26. The summed E-state index contributed by atoms with van der Waals surface area (Å²) in [5, 5.41) is 11.5. The number of pyridine rings is 1. The van der Waals surface area contributed by atoms with Gasteiger partial charge < -0.3 is 24.2 Å². The number of rotatable bonds is 8. The number of aliphatic hydroxyl groups excluding tert-OH is 1. The van der Waals surface area contributed by atoms with Gasteiger partial charge in [0.1, 0.15) is 11.5 Å². The monoisotopic (exact) mass is 502 g/mol. The first-order chi connectivity index (χ1) is 17.7. The van der Waals surface area contributed by atoms with Crippen molar-refractivity contribution >= 4 is 17.4 Å². The summed E-state index contributed by atoms with van der Waals surface area (Å²) in [6.07, 6.45) is 3.27. The van der Waals surface area contributed by atoms with Crippen molar-refractivity contribution in [1.82, 2.24) is 9.88 Å². The molecule has 0 spiro atoms. The molecule has 2 aromatic carbocycles. The van der Waals surface area contributed by atoms with E-state index in [0.717, 1.165) is 5.56 Å². The summed E-state index contributed by atoms with van der Waals surface area (Å²) < 4.78 is 16.6. The Labute approximate surface area is 216 Å². The van der Waals surface area contributed by atoms with Crippen molar-refractivity contribution < 1.29 is 28.9 Å². The molecule has 1 atom stereocenters. The third kappa shape index (κ3) is 5.14. The Morgan fingerprint density at radius 2 is 1.81 bits per heavy atom. The van der Waals surface area contributed by atoms with E-state index in [4.69, 9.17) is 14.2 Å². The molecule has 8 heteroatoms. The highest BCUT2D eigenvalue weighted by molar-refractivity contribution is 6.46. The quantitative estimate of drug-likeness (QED) is 0.268. The van der Waals surface area contributed by atoms with Gasteiger partial charge in [0, 0.05) is 24.5 Å². The van der Waals surface area contributed by atoms with Crippen LogP contribution >= 0.6 is 0 Å². The van der Waals surface area contributed by atoms with Gasteiger partial charge in [0.05, 0.1) is 31.9 Å². The minimum absolute atomic E-state index is 0.00161. The fourth-order valence-electron chi connectivity index (χ4n) is 4.49. The summed E-state index contributed by atoms with van der Waals surface area (Å²) in [4.78, 5) is 32.3. The largest absolute Gasteiger partial charge is 0.507 e. The van der Waals surface area contributed by atoms with E-state index in [1.807, 2.05) is 26.8 Å². The predicted molar refractivity (Wildman–Crippen MR) is 139 cm³/mol. The van der Waals surface area contributed by atoms with E-state index in [0.29, 0.717) is 33.9 Å². The van der Waals surface area contributed by atoms with Crippen LogP contribution in [0, 0.1) is 6.92 Å². The molecule has 192 valence electrons. The maximum Gasteiger partial charge on any atom is 0.295 e. The van der Waals surface area contributed by atoms with E-state index in [9.17, 15) is 14.7 Å². The maximum atomic E-state index is 13.4. The number of hydrogen-bond donors (Lipinski definition) is 1. The van der Waals surface area contributed by atoms with Crippen LogP contribution in [0.5, 0.6) is 17.2 Å². The minimum Gasteiger partial charge on any atom is -0.507 e. The summed E-state index contributed by atoms with van der Waals surface area (Å²) in [6.45, 7) is 5.81. The number of aryl methyl sites for hydroxylation is 1. The Hall–Kier alpha value is -4.33. The van der Waals surface area contributed by atoms with Crippen molar-refractivity contribution in [1.29, 1.82) is 0 Å². The van der Waals surface area contributed by atoms with Crippen LogP contribution in [0.3, 0.4) is 0 Å². The fourth-order valence-corrected chi connectivity index (χ4v) is 4.49. The number of hydrogen-bond acceptors (Lipinski definition) is 7. The number of carbonyl (C=O) groups is 2. The highest BCUT2D eigenvalue weighted by Crippen LogP contribution is 2.43. The van der Waals surface area contributed by atoms with Gasteiger partial charge >= 0.3 is 0 Å². The second-order valence-corrected chi connectivity index (χ2v) is 9.05. The number of nitrogens with zero attached hydrogens (tertiary/aromatic N) is 2. The second kappa shape index (κ2) is 10.7. The molecule has 1 aliphatic rings. The van der Waals surface area contributed by atoms with Gasteiger partial charge in [-0.3, -0.25) is 14.6 Å². The summed E-state index contributed by atoms with van der Waals surface area (Å²) in [7, 11) is 3.04. The molecule has 0 unspecified atom stereocenters. The van der Waals surface area contributed by atoms with Gasteiger partial charge in [-0.25, -0.2) is 0 Å². The average Bonchev–Trinajstić information content (AvgIpc) is 3.13. The van der Waals surface area contributed by atoms with E-state index in [-0.39, 0.29) is 24.0 Å². The van der Waals surface area contributed by atoms with Gasteiger partial charge in [-0.2, -0.15) is 0 Å². The molecule has 1 fully saturated rings. The summed E-state index contributed by atoms with van der Waals surface area (Å²) in [6, 6.07) is 13.2. The Balaban J connectivity index is 1.87. The first kappa shape index (κ1) is 25.8. The minimum atomic E-state index is -0.856. The van der Waals surface area contributed by atoms with E-state index >= 15 is 0 Å². The van der Waals surface area contributed by atoms with Crippen molar-refractivity contribution in [3.8, 4) is 17.2 Å². The number of Topliss-reactive ketones (excluding diaryl/α,β-unsaturated/α-hetero) is 1. The Bertz CT molecular complexity index is 1350. The lowest BCUT2D eigenvalue weighted by atomic mass is 9.93. The van der Waals surface area contributed by atoms with Crippen molar-refractivity contribution in [2.24, 2.45) is 0 Å². The Kier molecular flexibility index (Phi) is 7.47. The molecular formula is C29H30N2O6. The normalized spacial score (nSPS) is 16.8. The molecular weight excluding hydrogens is 472 g/mol. The number of ketones is 1. The van der Waals surface area contributed by atoms with Crippen LogP contribution in [-0.4, -0.2) is 47.0 Å². The zero-order valence-corrected chi connectivity index (χ0v) is 21.5. The molecule has 1 aromatic heterocycles. The molecule has 0 bridgehead atoms. The van der Waals surface area contributed by atoms with Crippen LogP contribution in [0.4, 0.5) is 0 Å². The fraction of sp³-hybridized carbons (Fsp3) is 0.276. The van der Waals surface area contributed by atoms with Crippen LogP contribution in [0.15, 0.2) is 66.5 Å². The van der Waals surface area contributed by atoms with Gasteiger partial charge in [0.2, 0.25) is 0 Å². The van der Waals surface area contributed by atoms with Gasteiger partial charge in [0.25, 0.3) is 11.7 Å². The molecule has 1 saturated heterocycles. The summed E-state index contributed by atoms with van der Waals surface area (Å²) >= 11 is 0. The van der Waals surface area contributed by atoms with Crippen molar-refractivity contribution in [3.63, 3.8) is 0 Å². The van der Waals surface area contributed by atoms with Crippen LogP contribution < -0.4 is 14.2 Å². The molecule has 4 rings (SSSR count). The van der Waals surface area contributed by atoms with Crippen LogP contribution in [0.2, 0.25) is 0 Å². The number of amides is 1. The zero-order valence-electron chi connectivity index (χ0n) is 21.5. The first-order valence-corrected chi connectivity index (χ1v) is 11.9. The molecule has 1 N–H and O–H groups in total. The number of aliphatic hydroxyl groups is 1. The average molecular weight is 503 g/mol. The Morgan fingerprint density at radius 3 is 2.43 bits per heavy atom. The summed E-state index contributed by atoms with van der Waals surface area (Å²) in [5.41, 5.74) is 2.50. The van der Waals surface area contributed by atoms with Gasteiger partial charge in [-0.1, -0.05) is 12.1 Å². The third-order valence-electron chi connectivity index (χ3n) is 6.16. The summed E-state index contributed by atoms with van der Waals surface area (Å²) in [5.74, 6) is -0.117. The number of ether oxygens (including phenoxy) is 3. The Morgan fingerprint density at radius 1 is 1.05 bits per heavy atom. The number of aromatic nitrogens is 1. The lowest BCUT2D eigenvalue weighted by Crippen LogP contribution is -2.29. The predicted octanol–water partition coefficient (Wildman–Crippen LogP) is 4.82. The number of carbonyl (C=O) groups excluding carboxylic acids is 2. The topological polar surface area (TPSA) is 98.2 Å². The molecule has 8 nitrogen and oxygen atoms in total. The van der Waals surface area contributed by atoms with E-state index < -0.39 is 17.7 Å². The zero-order chi connectivity index (χ0) is 26.7. The second-order valence-electron chi connectivity index (χ2n) is 9.05. The lowest BCUT2D eigenvalue weighted by molar-refractivity contribution is -0.140. The molecule has 0 saturated carbocycles. The standard InChI is InChI=1S/C29H30N2O6/c1-17(2)37-21-9-10-22(18(3)13-21)27(32)25-26(20-8-11-23(35-4)24(14-20)36-5)31(29(34)28(25)33)16-19-7-6-12-30-15-19/h6-15,17,26,32H,16H2,1-5H3/t26-/m1/s1. The number of benzene rings is 2. The van der Waals surface area contributed by atoms with E-state index in [1.165, 1.54) is 19.1 Å². The van der Waals surface area contributed by atoms with Crippen LogP contribution in [0.25, 0.3) is 5.76 Å². The molecule has 0 radical (unpaired) electrons. The third-order valence-corrected chi connectivity index (χ3v) is 6.16. The van der Waals surface area contributed by atoms with Gasteiger partial charge in [-0.05, 0) is 73.9 Å². The number of methoxy groups -OCH3 is 2. The highest BCUT2D eigenvalue weighted by atomic mass is 16.5. The highest BCUT2D eigenvalue weighted by Gasteiger charge is 2.46. The van der Waals surface area contributed by atoms with Crippen molar-refractivity contribution in [3.05, 3.63) is 88.8 Å². The molecule has 37 heavy (non-hydrogen) atoms. The molecule has 2 heterocycles. The van der Waals surface area contributed by atoms with Crippen molar-refractivity contribution in [2.45, 2.75) is 39.5 Å². The smallest absolute Gasteiger partial charge is 0.295 e. The SMILES string of the molecule is COc1ccc([C@@H]2C(=C(O)c3ccc(OC(C)C)cc3C)C(=O)C(=O)N2Cc2cccnc2)cc1OC. The molecule has 3 aromatic rings. The van der Waals surface area contributed by atoms with E-state index in [1.54, 1.807) is 54.9 Å². The van der Waals surface area contributed by atoms with Crippen LogP contribution in [-0.2, 0) is 16.1 Å². The van der Waals surface area contributed by atoms with Gasteiger partial charge in [0.15, 0.2) is 11.5 Å². The van der Waals surface area contributed by atoms with E-state index in [2.05, 4.69) is 4.98 Å². The number of likely N-dealkylation sites (tertiary alicyclic amines) is 1. The maximum absolute atomic E-state index is 13.4. The molecule has 1 amide bonds. The van der Waals surface area contributed by atoms with Crippen LogP contribution in [0.1, 0.15) is 42.1 Å².